The van der Waals surface area contributed by atoms with Crippen molar-refractivity contribution in [2.24, 2.45) is 0 Å². The van der Waals surface area contributed by atoms with Gasteiger partial charge < -0.3 is 10.1 Å². The van der Waals surface area contributed by atoms with Crippen LogP contribution < -0.4 is 0 Å². The highest BCUT2D eigenvalue weighted by Gasteiger charge is 2.11. The predicted octanol–water partition coefficient (Wildman–Crippen LogP) is 2.92. The zero-order chi connectivity index (χ0) is 11.5. The lowest BCUT2D eigenvalue weighted by molar-refractivity contribution is -0.136. The van der Waals surface area contributed by atoms with Crippen LogP contribution in [0.5, 0.6) is 0 Å². The SMILES string of the molecule is O=C(O)CCc1[nH]cnc1-c1ccc(Br)s1. The maximum absolute atomic E-state index is 10.5. The summed E-state index contributed by atoms with van der Waals surface area (Å²) in [6.07, 6.45) is 2.18. The largest absolute Gasteiger partial charge is 0.481 e. The number of aryl methyl sites for hydroxylation is 1. The summed E-state index contributed by atoms with van der Waals surface area (Å²) in [5.41, 5.74) is 1.72. The first-order chi connectivity index (χ1) is 7.66. The van der Waals surface area contributed by atoms with Crippen LogP contribution in [0.3, 0.4) is 0 Å². The van der Waals surface area contributed by atoms with E-state index in [-0.39, 0.29) is 6.42 Å². The molecule has 0 unspecified atom stereocenters. The molecule has 0 aliphatic heterocycles. The number of nitrogens with one attached hydrogen (secondary N) is 1. The minimum atomic E-state index is -0.798. The second-order valence-electron chi connectivity index (χ2n) is 3.23. The van der Waals surface area contributed by atoms with Crippen LogP contribution in [-0.2, 0) is 11.2 Å². The minimum Gasteiger partial charge on any atom is -0.481 e. The maximum atomic E-state index is 10.5. The van der Waals surface area contributed by atoms with Crippen molar-refractivity contribution in [3.8, 4) is 10.6 Å². The molecule has 16 heavy (non-hydrogen) atoms. The highest BCUT2D eigenvalue weighted by Crippen LogP contribution is 2.31. The van der Waals surface area contributed by atoms with E-state index in [0.717, 1.165) is 20.1 Å². The molecule has 0 aromatic carbocycles. The number of thiophene rings is 1. The number of carboxylic acids is 1. The maximum Gasteiger partial charge on any atom is 0.303 e. The van der Waals surface area contributed by atoms with Crippen LogP contribution >= 0.6 is 27.3 Å². The van der Waals surface area contributed by atoms with Crippen molar-refractivity contribution >= 4 is 33.2 Å². The highest BCUT2D eigenvalue weighted by molar-refractivity contribution is 9.11. The molecule has 0 radical (unpaired) electrons. The number of aromatic nitrogens is 2. The Morgan fingerprint density at radius 1 is 1.56 bits per heavy atom. The number of hydrogen-bond donors (Lipinski definition) is 2. The Labute approximate surface area is 104 Å². The van der Waals surface area contributed by atoms with E-state index in [9.17, 15) is 4.79 Å². The first-order valence-electron chi connectivity index (χ1n) is 4.66. The summed E-state index contributed by atoms with van der Waals surface area (Å²) in [6.45, 7) is 0. The smallest absolute Gasteiger partial charge is 0.303 e. The van der Waals surface area contributed by atoms with Gasteiger partial charge in [-0.1, -0.05) is 0 Å². The zero-order valence-electron chi connectivity index (χ0n) is 8.24. The van der Waals surface area contributed by atoms with Gasteiger partial charge in [-0.25, -0.2) is 4.98 Å². The minimum absolute atomic E-state index is 0.113. The predicted molar refractivity (Wildman–Crippen MR) is 65.6 cm³/mol. The summed E-state index contributed by atoms with van der Waals surface area (Å²) >= 11 is 4.97. The van der Waals surface area contributed by atoms with Crippen molar-refractivity contribution in [1.29, 1.82) is 0 Å². The molecule has 2 rings (SSSR count). The lowest BCUT2D eigenvalue weighted by Crippen LogP contribution is -1.98. The number of nitrogens with zero attached hydrogens (tertiary/aromatic N) is 1. The number of hydrogen-bond acceptors (Lipinski definition) is 3. The van der Waals surface area contributed by atoms with Crippen molar-refractivity contribution in [3.05, 3.63) is 27.9 Å². The highest BCUT2D eigenvalue weighted by atomic mass is 79.9. The van der Waals surface area contributed by atoms with E-state index in [4.69, 9.17) is 5.11 Å². The number of halogens is 1. The van der Waals surface area contributed by atoms with Gasteiger partial charge in [0.2, 0.25) is 0 Å². The number of aliphatic carboxylic acids is 1. The average Bonchev–Trinajstić information content (AvgIpc) is 2.82. The molecule has 0 atom stereocenters. The third-order valence-corrected chi connectivity index (χ3v) is 3.74. The molecule has 6 heteroatoms. The topological polar surface area (TPSA) is 66.0 Å². The Morgan fingerprint density at radius 3 is 3.00 bits per heavy atom. The molecular weight excluding hydrogens is 292 g/mol. The summed E-state index contributed by atoms with van der Waals surface area (Å²) in [4.78, 5) is 18.7. The third kappa shape index (κ3) is 2.51. The van der Waals surface area contributed by atoms with Crippen molar-refractivity contribution in [2.75, 3.05) is 0 Å². The summed E-state index contributed by atoms with van der Waals surface area (Å²) in [7, 11) is 0. The molecule has 2 N–H and O–H groups in total. The van der Waals surface area contributed by atoms with Gasteiger partial charge in [0.05, 0.1) is 21.4 Å². The van der Waals surface area contributed by atoms with E-state index in [0.29, 0.717) is 6.42 Å². The number of imidazole rings is 1. The molecule has 2 aromatic heterocycles. The molecule has 0 saturated carbocycles. The number of carbonyl (C=O) groups is 1. The molecule has 0 amide bonds. The first kappa shape index (κ1) is 11.3. The fourth-order valence-corrected chi connectivity index (χ4v) is 2.81. The molecule has 2 aromatic rings. The Morgan fingerprint density at radius 2 is 2.38 bits per heavy atom. The summed E-state index contributed by atoms with van der Waals surface area (Å²) in [6, 6.07) is 3.92. The molecule has 84 valence electrons. The normalized spacial score (nSPS) is 10.6. The second-order valence-corrected chi connectivity index (χ2v) is 5.69. The fourth-order valence-electron chi connectivity index (χ4n) is 1.40. The van der Waals surface area contributed by atoms with Crippen molar-refractivity contribution in [1.82, 2.24) is 9.97 Å². The van der Waals surface area contributed by atoms with Gasteiger partial charge in [0.25, 0.3) is 0 Å². The average molecular weight is 301 g/mol. The van der Waals surface area contributed by atoms with Crippen LogP contribution in [0.4, 0.5) is 0 Å². The van der Waals surface area contributed by atoms with E-state index < -0.39 is 5.97 Å². The lowest BCUT2D eigenvalue weighted by Gasteiger charge is -1.98. The van der Waals surface area contributed by atoms with E-state index in [1.807, 2.05) is 12.1 Å². The zero-order valence-corrected chi connectivity index (χ0v) is 10.6. The Hall–Kier alpha value is -1.14. The van der Waals surface area contributed by atoms with Crippen LogP contribution in [0.15, 0.2) is 22.2 Å². The number of rotatable bonds is 4. The van der Waals surface area contributed by atoms with Crippen molar-refractivity contribution < 1.29 is 9.90 Å². The Bertz CT molecular complexity index is 506. The molecular formula is C10H9BrN2O2S. The van der Waals surface area contributed by atoms with Gasteiger partial charge in [-0.2, -0.15) is 0 Å². The van der Waals surface area contributed by atoms with E-state index in [2.05, 4.69) is 25.9 Å². The van der Waals surface area contributed by atoms with E-state index in [1.165, 1.54) is 0 Å². The summed E-state index contributed by atoms with van der Waals surface area (Å²) in [5.74, 6) is -0.798. The molecule has 4 nitrogen and oxygen atoms in total. The Balaban J connectivity index is 2.22. The molecule has 2 heterocycles. The van der Waals surface area contributed by atoms with Crippen molar-refractivity contribution in [3.63, 3.8) is 0 Å². The van der Waals surface area contributed by atoms with Gasteiger partial charge in [-0.05, 0) is 28.1 Å². The van der Waals surface area contributed by atoms with Gasteiger partial charge in [-0.3, -0.25) is 4.79 Å². The van der Waals surface area contributed by atoms with E-state index >= 15 is 0 Å². The molecule has 0 aliphatic carbocycles. The molecule has 0 fully saturated rings. The summed E-state index contributed by atoms with van der Waals surface area (Å²) < 4.78 is 1.04. The van der Waals surface area contributed by atoms with Crippen LogP contribution in [-0.4, -0.2) is 21.0 Å². The van der Waals surface area contributed by atoms with Gasteiger partial charge in [0, 0.05) is 12.1 Å². The van der Waals surface area contributed by atoms with Gasteiger partial charge in [0.1, 0.15) is 5.69 Å². The first-order valence-corrected chi connectivity index (χ1v) is 6.27. The lowest BCUT2D eigenvalue weighted by atomic mass is 10.2. The van der Waals surface area contributed by atoms with Crippen LogP contribution in [0, 0.1) is 0 Å². The Kier molecular flexibility index (Phi) is 3.40. The summed E-state index contributed by atoms with van der Waals surface area (Å²) in [5, 5.41) is 8.64. The fraction of sp³-hybridized carbons (Fsp3) is 0.200. The van der Waals surface area contributed by atoms with Gasteiger partial charge in [0.15, 0.2) is 0 Å². The third-order valence-electron chi connectivity index (χ3n) is 2.11. The number of H-pyrrole nitrogens is 1. The second kappa shape index (κ2) is 4.80. The quantitative estimate of drug-likeness (QED) is 0.912. The van der Waals surface area contributed by atoms with Crippen LogP contribution in [0.1, 0.15) is 12.1 Å². The van der Waals surface area contributed by atoms with Crippen molar-refractivity contribution in [2.45, 2.75) is 12.8 Å². The number of carboxylic acid groups (broad SMARTS) is 1. The van der Waals surface area contributed by atoms with Crippen LogP contribution in [0.25, 0.3) is 10.6 Å². The standard InChI is InChI=1S/C10H9BrN2O2S/c11-8-3-2-7(16-8)10-6(12-5-13-10)1-4-9(14)15/h2-3,5H,1,4H2,(H,12,13)(H,14,15). The van der Waals surface area contributed by atoms with Gasteiger partial charge in [-0.15, -0.1) is 11.3 Å². The van der Waals surface area contributed by atoms with Gasteiger partial charge >= 0.3 is 5.97 Å². The number of aromatic amines is 1. The monoisotopic (exact) mass is 300 g/mol. The molecule has 0 aliphatic rings. The molecule has 0 saturated heterocycles. The molecule has 0 spiro atoms. The van der Waals surface area contributed by atoms with Crippen LogP contribution in [0.2, 0.25) is 0 Å². The molecule has 0 bridgehead atoms. The van der Waals surface area contributed by atoms with E-state index in [1.54, 1.807) is 17.7 Å².